The first kappa shape index (κ1) is 16.6. The minimum Gasteiger partial charge on any atom is -0.344 e. The van der Waals surface area contributed by atoms with Crippen molar-refractivity contribution in [3.8, 4) is 5.69 Å². The number of aryl methyl sites for hydroxylation is 1. The van der Waals surface area contributed by atoms with Crippen molar-refractivity contribution in [1.82, 2.24) is 15.1 Å². The van der Waals surface area contributed by atoms with Crippen LogP contribution in [0.1, 0.15) is 52.3 Å². The zero-order chi connectivity index (χ0) is 18.1. The number of para-hydroxylation sites is 1. The van der Waals surface area contributed by atoms with Gasteiger partial charge in [0.15, 0.2) is 5.69 Å². The average molecular weight is 345 g/mol. The van der Waals surface area contributed by atoms with E-state index < -0.39 is 0 Å². The van der Waals surface area contributed by atoms with Gasteiger partial charge >= 0.3 is 0 Å². The van der Waals surface area contributed by atoms with E-state index in [2.05, 4.69) is 29.5 Å². The van der Waals surface area contributed by atoms with E-state index in [0.717, 1.165) is 36.1 Å². The molecular weight excluding hydrogens is 322 g/mol. The number of amides is 1. The molecule has 0 aliphatic heterocycles. The third-order valence-electron chi connectivity index (χ3n) is 5.15. The van der Waals surface area contributed by atoms with Crippen molar-refractivity contribution in [3.63, 3.8) is 0 Å². The average Bonchev–Trinajstić information content (AvgIpc) is 3.25. The van der Waals surface area contributed by atoms with Gasteiger partial charge in [-0.2, -0.15) is 5.10 Å². The van der Waals surface area contributed by atoms with Gasteiger partial charge in [0.05, 0.1) is 11.7 Å². The van der Waals surface area contributed by atoms with E-state index in [0.29, 0.717) is 5.69 Å². The molecule has 0 saturated carbocycles. The molecule has 132 valence electrons. The fourth-order valence-electron chi connectivity index (χ4n) is 3.82. The highest BCUT2D eigenvalue weighted by atomic mass is 16.2. The van der Waals surface area contributed by atoms with Crippen molar-refractivity contribution in [2.45, 2.75) is 39.2 Å². The maximum Gasteiger partial charge on any atom is 0.272 e. The first-order chi connectivity index (χ1) is 12.6. The summed E-state index contributed by atoms with van der Waals surface area (Å²) in [6.07, 6.45) is 2.97. The quantitative estimate of drug-likeness (QED) is 0.772. The molecular formula is C22H23N3O. The molecule has 0 spiro atoms. The number of hydrogen-bond acceptors (Lipinski definition) is 2. The summed E-state index contributed by atoms with van der Waals surface area (Å²) in [4.78, 5) is 13.0. The summed E-state index contributed by atoms with van der Waals surface area (Å²) >= 11 is 0. The fourth-order valence-corrected chi connectivity index (χ4v) is 3.82. The fraction of sp³-hybridized carbons (Fsp3) is 0.273. The van der Waals surface area contributed by atoms with Gasteiger partial charge in [0.2, 0.25) is 0 Å². The lowest BCUT2D eigenvalue weighted by Crippen LogP contribution is -2.28. The van der Waals surface area contributed by atoms with Crippen LogP contribution in [-0.2, 0) is 12.8 Å². The summed E-state index contributed by atoms with van der Waals surface area (Å²) in [5, 5.41) is 7.81. The van der Waals surface area contributed by atoms with Gasteiger partial charge < -0.3 is 5.32 Å². The standard InChI is InChI=1S/C22H23N3O/c1-15-9-6-7-12-18(15)16(2)23-22(26)21-19-13-8-14-20(19)25(24-21)17-10-4-3-5-11-17/h3-7,9-12,16H,8,13-14H2,1-2H3,(H,23,26)/t16-/m0/s1. The lowest BCUT2D eigenvalue weighted by Gasteiger charge is -2.16. The van der Waals surface area contributed by atoms with Crippen LogP contribution in [-0.4, -0.2) is 15.7 Å². The third kappa shape index (κ3) is 2.92. The summed E-state index contributed by atoms with van der Waals surface area (Å²) in [6, 6.07) is 18.2. The van der Waals surface area contributed by atoms with Gasteiger partial charge in [-0.1, -0.05) is 42.5 Å². The summed E-state index contributed by atoms with van der Waals surface area (Å²) in [5.41, 5.74) is 6.17. The zero-order valence-corrected chi connectivity index (χ0v) is 15.2. The van der Waals surface area contributed by atoms with Crippen LogP contribution in [0.3, 0.4) is 0 Å². The molecule has 0 unspecified atom stereocenters. The SMILES string of the molecule is Cc1ccccc1[C@H](C)NC(=O)c1nn(-c2ccccc2)c2c1CCC2. The largest absolute Gasteiger partial charge is 0.344 e. The van der Waals surface area contributed by atoms with Crippen molar-refractivity contribution in [2.24, 2.45) is 0 Å². The van der Waals surface area contributed by atoms with Crippen LogP contribution < -0.4 is 5.32 Å². The molecule has 1 aromatic heterocycles. The Morgan fingerprint density at radius 3 is 2.58 bits per heavy atom. The van der Waals surface area contributed by atoms with Crippen molar-refractivity contribution < 1.29 is 4.79 Å². The molecule has 1 atom stereocenters. The van der Waals surface area contributed by atoms with Crippen LogP contribution in [0, 0.1) is 6.92 Å². The first-order valence-corrected chi connectivity index (χ1v) is 9.17. The molecule has 4 heteroatoms. The van der Waals surface area contributed by atoms with E-state index in [1.165, 1.54) is 11.3 Å². The second-order valence-electron chi connectivity index (χ2n) is 6.93. The normalized spacial score (nSPS) is 14.1. The molecule has 1 aliphatic carbocycles. The predicted molar refractivity (Wildman–Crippen MR) is 103 cm³/mol. The second-order valence-corrected chi connectivity index (χ2v) is 6.93. The number of rotatable bonds is 4. The Morgan fingerprint density at radius 1 is 1.08 bits per heavy atom. The highest BCUT2D eigenvalue weighted by molar-refractivity contribution is 5.94. The van der Waals surface area contributed by atoms with Crippen molar-refractivity contribution >= 4 is 5.91 Å². The van der Waals surface area contributed by atoms with Crippen LogP contribution in [0.25, 0.3) is 5.69 Å². The van der Waals surface area contributed by atoms with E-state index in [1.54, 1.807) is 0 Å². The molecule has 0 saturated heterocycles. The maximum atomic E-state index is 13.0. The Balaban J connectivity index is 1.64. The minimum atomic E-state index is -0.0893. The number of benzene rings is 2. The lowest BCUT2D eigenvalue weighted by atomic mass is 10.0. The molecule has 2 aromatic carbocycles. The lowest BCUT2D eigenvalue weighted by molar-refractivity contribution is 0.0933. The number of fused-ring (bicyclic) bond motifs is 1. The molecule has 1 amide bonds. The van der Waals surface area contributed by atoms with Gasteiger partial charge in [-0.15, -0.1) is 0 Å². The molecule has 1 aliphatic rings. The third-order valence-corrected chi connectivity index (χ3v) is 5.15. The van der Waals surface area contributed by atoms with Crippen LogP contribution in [0.2, 0.25) is 0 Å². The molecule has 0 fully saturated rings. The maximum absolute atomic E-state index is 13.0. The Labute approximate surface area is 153 Å². The van der Waals surface area contributed by atoms with Gasteiger partial charge in [-0.05, 0) is 56.4 Å². The topological polar surface area (TPSA) is 46.9 Å². The number of nitrogens with zero attached hydrogens (tertiary/aromatic N) is 2. The Kier molecular flexibility index (Phi) is 4.33. The number of carbonyl (C=O) groups excluding carboxylic acids is 1. The van der Waals surface area contributed by atoms with Crippen molar-refractivity contribution in [2.75, 3.05) is 0 Å². The molecule has 26 heavy (non-hydrogen) atoms. The van der Waals surface area contributed by atoms with Gasteiger partial charge in [-0.3, -0.25) is 4.79 Å². The van der Waals surface area contributed by atoms with E-state index in [4.69, 9.17) is 0 Å². The number of carbonyl (C=O) groups is 1. The van der Waals surface area contributed by atoms with Crippen molar-refractivity contribution in [1.29, 1.82) is 0 Å². The Hall–Kier alpha value is -2.88. The number of nitrogens with one attached hydrogen (secondary N) is 1. The number of aromatic nitrogens is 2. The van der Waals surface area contributed by atoms with Gasteiger partial charge in [0.25, 0.3) is 5.91 Å². The van der Waals surface area contributed by atoms with Crippen LogP contribution >= 0.6 is 0 Å². The molecule has 4 rings (SSSR count). The van der Waals surface area contributed by atoms with Crippen LogP contribution in [0.4, 0.5) is 0 Å². The van der Waals surface area contributed by atoms with E-state index >= 15 is 0 Å². The highest BCUT2D eigenvalue weighted by Gasteiger charge is 2.27. The van der Waals surface area contributed by atoms with Crippen molar-refractivity contribution in [3.05, 3.63) is 82.7 Å². The van der Waals surface area contributed by atoms with E-state index in [9.17, 15) is 4.79 Å². The Bertz CT molecular complexity index is 943. The summed E-state index contributed by atoms with van der Waals surface area (Å²) < 4.78 is 1.94. The molecule has 0 radical (unpaired) electrons. The van der Waals surface area contributed by atoms with Crippen LogP contribution in [0.5, 0.6) is 0 Å². The smallest absolute Gasteiger partial charge is 0.272 e. The molecule has 0 bridgehead atoms. The second kappa shape index (κ2) is 6.79. The van der Waals surface area contributed by atoms with E-state index in [-0.39, 0.29) is 11.9 Å². The van der Waals surface area contributed by atoms with Gasteiger partial charge in [0, 0.05) is 11.3 Å². The van der Waals surface area contributed by atoms with Crippen LogP contribution in [0.15, 0.2) is 54.6 Å². The zero-order valence-electron chi connectivity index (χ0n) is 15.2. The first-order valence-electron chi connectivity index (χ1n) is 9.17. The Morgan fingerprint density at radius 2 is 1.81 bits per heavy atom. The molecule has 1 heterocycles. The molecule has 4 nitrogen and oxygen atoms in total. The van der Waals surface area contributed by atoms with Gasteiger partial charge in [0.1, 0.15) is 0 Å². The minimum absolute atomic E-state index is 0.0531. The van der Waals surface area contributed by atoms with Gasteiger partial charge in [-0.25, -0.2) is 4.68 Å². The monoisotopic (exact) mass is 345 g/mol. The van der Waals surface area contributed by atoms with E-state index in [1.807, 2.05) is 54.1 Å². The highest BCUT2D eigenvalue weighted by Crippen LogP contribution is 2.28. The predicted octanol–water partition coefficient (Wildman–Crippen LogP) is 4.16. The molecule has 1 N–H and O–H groups in total. The summed E-state index contributed by atoms with van der Waals surface area (Å²) in [7, 11) is 0. The summed E-state index contributed by atoms with van der Waals surface area (Å²) in [6.45, 7) is 4.09. The summed E-state index contributed by atoms with van der Waals surface area (Å²) in [5.74, 6) is -0.0893. The molecule has 3 aromatic rings. The number of hydrogen-bond donors (Lipinski definition) is 1.